The van der Waals surface area contributed by atoms with E-state index < -0.39 is 5.41 Å². The lowest BCUT2D eigenvalue weighted by molar-refractivity contribution is -0.130. The average molecular weight is 250 g/mol. The number of carbonyl (C=O) groups is 1. The first-order valence-corrected chi connectivity index (χ1v) is 6.44. The quantitative estimate of drug-likeness (QED) is 0.847. The maximum atomic E-state index is 11.9. The van der Waals surface area contributed by atoms with Crippen LogP contribution in [0.25, 0.3) is 0 Å². The van der Waals surface area contributed by atoms with Gasteiger partial charge in [-0.1, -0.05) is 20.8 Å². The molecule has 0 saturated carbocycles. The Morgan fingerprint density at radius 1 is 1.39 bits per heavy atom. The molecule has 1 atom stereocenters. The molecule has 1 aromatic heterocycles. The Labute approximate surface area is 108 Å². The van der Waals surface area contributed by atoms with Crippen LogP contribution >= 0.6 is 0 Å². The predicted octanol–water partition coefficient (Wildman–Crippen LogP) is 2.98. The topological polar surface area (TPSA) is 65.4 Å². The lowest BCUT2D eigenvalue weighted by atomic mass is 9.72. The van der Waals surface area contributed by atoms with Crippen molar-refractivity contribution in [3.63, 3.8) is 0 Å². The first kappa shape index (κ1) is 14.5. The summed E-state index contributed by atoms with van der Waals surface area (Å²) in [4.78, 5) is 18.7. The molecule has 1 unspecified atom stereocenters. The van der Waals surface area contributed by atoms with Crippen LogP contribution in [0.4, 0.5) is 0 Å². The summed E-state index contributed by atoms with van der Waals surface area (Å²) in [5, 5.41) is 9.64. The highest BCUT2D eigenvalue weighted by atomic mass is 16.3. The molecule has 0 radical (unpaired) electrons. The van der Waals surface area contributed by atoms with Crippen LogP contribution in [0.3, 0.4) is 0 Å². The zero-order valence-corrected chi connectivity index (χ0v) is 11.3. The number of nitrogens with one attached hydrogen (secondary N) is 1. The number of hydrogen-bond donors (Lipinski definition) is 2. The Morgan fingerprint density at radius 2 is 1.94 bits per heavy atom. The van der Waals surface area contributed by atoms with Crippen LogP contribution in [0.15, 0.2) is 29.5 Å². The van der Waals surface area contributed by atoms with E-state index in [1.54, 1.807) is 0 Å². The van der Waals surface area contributed by atoms with Gasteiger partial charge in [0.1, 0.15) is 5.41 Å². The summed E-state index contributed by atoms with van der Waals surface area (Å²) < 4.78 is 0. The second-order valence-corrected chi connectivity index (χ2v) is 4.60. The van der Waals surface area contributed by atoms with Crippen molar-refractivity contribution in [3.8, 4) is 0 Å². The maximum absolute atomic E-state index is 11.9. The number of carbonyl (C=O) groups excluding carboxylic acids is 1. The minimum Gasteiger partial charge on any atom is -0.496 e. The number of aliphatic hydroxyl groups is 1. The number of aromatic amines is 1. The van der Waals surface area contributed by atoms with Gasteiger partial charge in [0.2, 0.25) is 0 Å². The molecular formula is C14H22N2O2. The lowest BCUT2D eigenvalue weighted by Crippen LogP contribution is -2.45. The Bertz CT molecular complexity index is 375. The molecule has 2 rings (SSSR count). The number of Topliss-reactive ketones (excluding diaryl/α,β-unsaturated/α-hetero) is 1. The molecule has 0 saturated heterocycles. The van der Waals surface area contributed by atoms with Gasteiger partial charge in [-0.15, -0.1) is 0 Å². The second-order valence-electron chi connectivity index (χ2n) is 4.60. The van der Waals surface area contributed by atoms with Crippen LogP contribution < -0.4 is 0 Å². The van der Waals surface area contributed by atoms with Crippen LogP contribution in [0.5, 0.6) is 0 Å². The number of aliphatic imine (C=N–C) groups is 1. The number of nitrogens with zero attached hydrogens (tertiary/aromatic N) is 1. The summed E-state index contributed by atoms with van der Waals surface area (Å²) in [6.45, 7) is 6.15. The number of H-pyrrole nitrogens is 1. The SMILES string of the molecule is CCC1(CC)C(=O)C(C)CN=C1O.c1cc[nH]c1. The Hall–Kier alpha value is -1.58. The van der Waals surface area contributed by atoms with Crippen molar-refractivity contribution >= 4 is 11.7 Å². The van der Waals surface area contributed by atoms with Gasteiger partial charge in [-0.3, -0.25) is 9.79 Å². The van der Waals surface area contributed by atoms with Crippen molar-refractivity contribution in [1.82, 2.24) is 4.98 Å². The Balaban J connectivity index is 0.000000269. The lowest BCUT2D eigenvalue weighted by Gasteiger charge is -2.33. The first-order valence-electron chi connectivity index (χ1n) is 6.44. The Kier molecular flexibility index (Phi) is 5.13. The second kappa shape index (κ2) is 6.38. The van der Waals surface area contributed by atoms with Gasteiger partial charge in [0.15, 0.2) is 11.7 Å². The molecule has 4 heteroatoms. The third kappa shape index (κ3) is 2.81. The van der Waals surface area contributed by atoms with Crippen LogP contribution in [0.1, 0.15) is 33.6 Å². The fourth-order valence-electron chi connectivity index (χ4n) is 2.23. The van der Waals surface area contributed by atoms with E-state index in [1.807, 2.05) is 45.3 Å². The van der Waals surface area contributed by atoms with Crippen molar-refractivity contribution in [3.05, 3.63) is 24.5 Å². The molecule has 0 bridgehead atoms. The molecule has 4 nitrogen and oxygen atoms in total. The van der Waals surface area contributed by atoms with Crippen molar-refractivity contribution in [2.75, 3.05) is 6.54 Å². The predicted molar refractivity (Wildman–Crippen MR) is 72.9 cm³/mol. The fraction of sp³-hybridized carbons (Fsp3) is 0.571. The van der Waals surface area contributed by atoms with Gasteiger partial charge in [0.25, 0.3) is 0 Å². The molecule has 0 amide bonds. The molecule has 1 aromatic rings. The minimum absolute atomic E-state index is 0.0422. The van der Waals surface area contributed by atoms with E-state index >= 15 is 0 Å². The van der Waals surface area contributed by atoms with Gasteiger partial charge < -0.3 is 10.1 Å². The molecule has 2 N–H and O–H groups in total. The summed E-state index contributed by atoms with van der Waals surface area (Å²) in [5.74, 6) is 0.140. The van der Waals surface area contributed by atoms with Crippen molar-refractivity contribution in [2.45, 2.75) is 33.6 Å². The largest absolute Gasteiger partial charge is 0.496 e. The normalized spacial score (nSPS) is 21.8. The van der Waals surface area contributed by atoms with Crippen LogP contribution in [-0.4, -0.2) is 28.3 Å². The molecule has 0 aromatic carbocycles. The van der Waals surface area contributed by atoms with Gasteiger partial charge in [-0.2, -0.15) is 0 Å². The highest BCUT2D eigenvalue weighted by molar-refractivity contribution is 6.07. The minimum atomic E-state index is -0.683. The van der Waals surface area contributed by atoms with Gasteiger partial charge in [-0.05, 0) is 25.0 Å². The summed E-state index contributed by atoms with van der Waals surface area (Å²) >= 11 is 0. The molecule has 0 spiro atoms. The summed E-state index contributed by atoms with van der Waals surface area (Å²) in [6, 6.07) is 3.89. The first-order chi connectivity index (χ1) is 8.58. The molecule has 100 valence electrons. The molecule has 1 aliphatic rings. The monoisotopic (exact) mass is 250 g/mol. The summed E-state index contributed by atoms with van der Waals surface area (Å²) in [7, 11) is 0. The third-order valence-corrected chi connectivity index (χ3v) is 3.57. The van der Waals surface area contributed by atoms with Gasteiger partial charge in [0, 0.05) is 18.3 Å². The fourth-order valence-corrected chi connectivity index (χ4v) is 2.23. The van der Waals surface area contributed by atoms with E-state index in [-0.39, 0.29) is 17.6 Å². The molecule has 2 heterocycles. The van der Waals surface area contributed by atoms with Crippen molar-refractivity contribution in [2.24, 2.45) is 16.3 Å². The summed E-state index contributed by atoms with van der Waals surface area (Å²) in [6.07, 6.45) is 5.03. The van der Waals surface area contributed by atoms with E-state index in [0.29, 0.717) is 19.4 Å². The number of aliphatic hydroxyl groups excluding tert-OH is 1. The molecule has 0 aliphatic carbocycles. The van der Waals surface area contributed by atoms with Crippen molar-refractivity contribution in [1.29, 1.82) is 0 Å². The number of aromatic nitrogens is 1. The smallest absolute Gasteiger partial charge is 0.194 e. The van der Waals surface area contributed by atoms with E-state index in [2.05, 4.69) is 9.98 Å². The number of ketones is 1. The van der Waals surface area contributed by atoms with Crippen LogP contribution in [-0.2, 0) is 4.79 Å². The van der Waals surface area contributed by atoms with Crippen molar-refractivity contribution < 1.29 is 9.90 Å². The van der Waals surface area contributed by atoms with E-state index in [4.69, 9.17) is 0 Å². The summed E-state index contributed by atoms with van der Waals surface area (Å²) in [5.41, 5.74) is -0.683. The molecule has 1 aliphatic heterocycles. The van der Waals surface area contributed by atoms with E-state index in [0.717, 1.165) is 0 Å². The highest BCUT2D eigenvalue weighted by Crippen LogP contribution is 2.34. The Morgan fingerprint density at radius 3 is 2.28 bits per heavy atom. The van der Waals surface area contributed by atoms with E-state index in [1.165, 1.54) is 0 Å². The van der Waals surface area contributed by atoms with Gasteiger partial charge >= 0.3 is 0 Å². The molecular weight excluding hydrogens is 228 g/mol. The zero-order chi connectivity index (χ0) is 13.6. The maximum Gasteiger partial charge on any atom is 0.194 e. The van der Waals surface area contributed by atoms with Crippen LogP contribution in [0, 0.1) is 11.3 Å². The molecule has 18 heavy (non-hydrogen) atoms. The van der Waals surface area contributed by atoms with Crippen LogP contribution in [0.2, 0.25) is 0 Å². The van der Waals surface area contributed by atoms with E-state index in [9.17, 15) is 9.90 Å². The van der Waals surface area contributed by atoms with Gasteiger partial charge in [0.05, 0.1) is 6.54 Å². The third-order valence-electron chi connectivity index (χ3n) is 3.57. The standard InChI is InChI=1S/C10H17NO2.C4H5N/c1-4-10(5-2)8(12)7(3)6-11-9(10)13;1-2-4-5-3-1/h7H,4-6H2,1-3H3,(H,11,13);1-5H. The van der Waals surface area contributed by atoms with Gasteiger partial charge in [-0.25, -0.2) is 0 Å². The number of hydrogen-bond acceptors (Lipinski definition) is 2. The molecule has 0 fully saturated rings. The average Bonchev–Trinajstić information content (AvgIpc) is 2.95. The highest BCUT2D eigenvalue weighted by Gasteiger charge is 2.44. The number of rotatable bonds is 2. The zero-order valence-electron chi connectivity index (χ0n) is 11.3.